The highest BCUT2D eigenvalue weighted by Crippen LogP contribution is 2.45. The van der Waals surface area contributed by atoms with E-state index in [9.17, 15) is 14.7 Å². The molecule has 0 amide bonds. The second-order valence-electron chi connectivity index (χ2n) is 9.56. The Morgan fingerprint density at radius 2 is 1.57 bits per heavy atom. The van der Waals surface area contributed by atoms with E-state index in [0.717, 1.165) is 12.8 Å². The zero-order valence-electron chi connectivity index (χ0n) is 22.5. The Labute approximate surface area is 218 Å². The topological polar surface area (TPSA) is 113 Å². The van der Waals surface area contributed by atoms with Crippen LogP contribution in [0, 0.1) is 0 Å². The SMILES string of the molecule is C1CCCCC1.CCCCc1[nH]c(=O)c(C2=NN=C(CC(C)=O)C2)c(O)c1-c1c(OC)cccc1OC. The molecule has 0 bridgehead atoms. The molecule has 37 heavy (non-hydrogen) atoms. The zero-order valence-corrected chi connectivity index (χ0v) is 22.5. The van der Waals surface area contributed by atoms with Crippen LogP contribution in [-0.4, -0.2) is 41.5 Å². The molecule has 1 aromatic carbocycles. The van der Waals surface area contributed by atoms with E-state index >= 15 is 0 Å². The number of ether oxygens (including phenoxy) is 2. The number of hydrogen-bond donors (Lipinski definition) is 2. The average Bonchev–Trinajstić information content (AvgIpc) is 3.35. The maximum Gasteiger partial charge on any atom is 0.261 e. The highest BCUT2D eigenvalue weighted by Gasteiger charge is 2.28. The minimum atomic E-state index is -0.445. The Balaban J connectivity index is 0.000000555. The molecule has 0 saturated heterocycles. The summed E-state index contributed by atoms with van der Waals surface area (Å²) >= 11 is 0. The second-order valence-corrected chi connectivity index (χ2v) is 9.56. The Bertz CT molecular complexity index is 1170. The predicted octanol–water partition coefficient (Wildman–Crippen LogP) is 5.98. The highest BCUT2D eigenvalue weighted by molar-refractivity contribution is 6.19. The molecule has 1 saturated carbocycles. The van der Waals surface area contributed by atoms with Crippen LogP contribution in [0.15, 0.2) is 33.2 Å². The molecule has 0 unspecified atom stereocenters. The van der Waals surface area contributed by atoms with Gasteiger partial charge in [-0.2, -0.15) is 10.2 Å². The molecule has 4 rings (SSSR count). The summed E-state index contributed by atoms with van der Waals surface area (Å²) in [5.41, 5.74) is 2.08. The standard InChI is InChI=1S/C23H27N3O5.C6H12/c1-5-6-8-15-19(21-17(30-3)9-7-10-18(21)31-4)22(28)20(23(29)24-15)16-12-14(25-26-16)11-13(2)27;1-2-4-6-5-3-1/h7,9-10H,5-6,8,11-12H2,1-4H3,(H2,24,28,29);1-6H2. The number of carbonyl (C=O) groups excluding carboxylic acids is 1. The van der Waals surface area contributed by atoms with Gasteiger partial charge in [0.1, 0.15) is 28.6 Å². The molecule has 0 radical (unpaired) electrons. The van der Waals surface area contributed by atoms with Crippen LogP contribution in [0.25, 0.3) is 11.1 Å². The largest absolute Gasteiger partial charge is 0.506 e. The fourth-order valence-corrected chi connectivity index (χ4v) is 4.79. The smallest absolute Gasteiger partial charge is 0.261 e. The number of aromatic amines is 1. The molecule has 2 heterocycles. The lowest BCUT2D eigenvalue weighted by molar-refractivity contribution is -0.115. The molecular formula is C29H39N3O5. The van der Waals surface area contributed by atoms with Crippen molar-refractivity contribution in [2.24, 2.45) is 10.2 Å². The van der Waals surface area contributed by atoms with Crippen LogP contribution in [0.3, 0.4) is 0 Å². The van der Waals surface area contributed by atoms with Crippen molar-refractivity contribution < 1.29 is 19.4 Å². The lowest BCUT2D eigenvalue weighted by Crippen LogP contribution is -2.22. The highest BCUT2D eigenvalue weighted by atomic mass is 16.5. The van der Waals surface area contributed by atoms with Crippen molar-refractivity contribution in [2.45, 2.75) is 84.5 Å². The molecule has 1 aliphatic heterocycles. The van der Waals surface area contributed by atoms with Gasteiger partial charge in [0.25, 0.3) is 5.56 Å². The molecule has 2 aromatic rings. The van der Waals surface area contributed by atoms with Crippen LogP contribution < -0.4 is 15.0 Å². The summed E-state index contributed by atoms with van der Waals surface area (Å²) in [6, 6.07) is 5.33. The molecule has 0 atom stereocenters. The Kier molecular flexibility index (Phi) is 10.5. The monoisotopic (exact) mass is 509 g/mol. The number of methoxy groups -OCH3 is 2. The summed E-state index contributed by atoms with van der Waals surface area (Å²) in [6.07, 6.45) is 11.7. The van der Waals surface area contributed by atoms with Crippen LogP contribution in [0.2, 0.25) is 0 Å². The molecule has 2 N–H and O–H groups in total. The molecule has 0 spiro atoms. The van der Waals surface area contributed by atoms with Gasteiger partial charge < -0.3 is 19.6 Å². The van der Waals surface area contributed by atoms with Gasteiger partial charge in [0.15, 0.2) is 0 Å². The van der Waals surface area contributed by atoms with E-state index in [-0.39, 0.29) is 29.9 Å². The van der Waals surface area contributed by atoms with E-state index in [0.29, 0.717) is 46.2 Å². The van der Waals surface area contributed by atoms with Crippen LogP contribution >= 0.6 is 0 Å². The lowest BCUT2D eigenvalue weighted by atomic mass is 9.93. The van der Waals surface area contributed by atoms with E-state index < -0.39 is 5.56 Å². The Morgan fingerprint density at radius 1 is 0.973 bits per heavy atom. The van der Waals surface area contributed by atoms with E-state index in [4.69, 9.17) is 9.47 Å². The minimum Gasteiger partial charge on any atom is -0.506 e. The molecule has 200 valence electrons. The Morgan fingerprint density at radius 3 is 2.08 bits per heavy atom. The third-order valence-electron chi connectivity index (χ3n) is 6.65. The first-order chi connectivity index (χ1) is 17.9. The molecule has 2 aliphatic rings. The van der Waals surface area contributed by atoms with E-state index in [1.165, 1.54) is 59.7 Å². The van der Waals surface area contributed by atoms with Gasteiger partial charge in [-0.05, 0) is 31.9 Å². The summed E-state index contributed by atoms with van der Waals surface area (Å²) in [7, 11) is 3.08. The van der Waals surface area contributed by atoms with Crippen molar-refractivity contribution >= 4 is 17.2 Å². The molecule has 1 aromatic heterocycles. The van der Waals surface area contributed by atoms with Gasteiger partial charge in [-0.25, -0.2) is 0 Å². The summed E-state index contributed by atoms with van der Waals surface area (Å²) in [5, 5.41) is 19.5. The Hall–Kier alpha value is -3.42. The molecular weight excluding hydrogens is 470 g/mol. The summed E-state index contributed by atoms with van der Waals surface area (Å²) in [4.78, 5) is 27.3. The van der Waals surface area contributed by atoms with Crippen molar-refractivity contribution in [3.8, 4) is 28.4 Å². The van der Waals surface area contributed by atoms with Crippen LogP contribution in [0.1, 0.15) is 89.3 Å². The summed E-state index contributed by atoms with van der Waals surface area (Å²) in [6.45, 7) is 3.52. The quantitative estimate of drug-likeness (QED) is 0.432. The van der Waals surface area contributed by atoms with E-state index in [2.05, 4.69) is 22.1 Å². The third-order valence-corrected chi connectivity index (χ3v) is 6.65. The van der Waals surface area contributed by atoms with Crippen LogP contribution in [0.4, 0.5) is 0 Å². The average molecular weight is 510 g/mol. The number of aryl methyl sites for hydroxylation is 1. The fraction of sp³-hybridized carbons (Fsp3) is 0.517. The number of nitrogens with one attached hydrogen (secondary N) is 1. The number of ketones is 1. The number of pyridine rings is 1. The summed E-state index contributed by atoms with van der Waals surface area (Å²) < 4.78 is 11.1. The number of hydrogen-bond acceptors (Lipinski definition) is 7. The van der Waals surface area contributed by atoms with Crippen LogP contribution in [-0.2, 0) is 11.2 Å². The predicted molar refractivity (Wildman–Crippen MR) is 147 cm³/mol. The molecule has 8 nitrogen and oxygen atoms in total. The fourth-order valence-electron chi connectivity index (χ4n) is 4.79. The number of aromatic nitrogens is 1. The van der Waals surface area contributed by atoms with Crippen molar-refractivity contribution in [1.29, 1.82) is 0 Å². The zero-order chi connectivity index (χ0) is 26.8. The lowest BCUT2D eigenvalue weighted by Gasteiger charge is -2.19. The van der Waals surface area contributed by atoms with Crippen molar-refractivity contribution in [3.05, 3.63) is 39.8 Å². The third kappa shape index (κ3) is 7.08. The van der Waals surface area contributed by atoms with Gasteiger partial charge in [-0.15, -0.1) is 0 Å². The molecule has 1 aliphatic carbocycles. The molecule has 1 fully saturated rings. The maximum absolute atomic E-state index is 13.0. The van der Waals surface area contributed by atoms with E-state index in [1.54, 1.807) is 18.2 Å². The number of Topliss-reactive ketones (excluding diaryl/α,β-unsaturated/α-hetero) is 1. The first-order valence-electron chi connectivity index (χ1n) is 13.2. The van der Waals surface area contributed by atoms with Crippen molar-refractivity contribution in [3.63, 3.8) is 0 Å². The maximum atomic E-state index is 13.0. The normalized spacial score (nSPS) is 14.8. The molecule has 8 heteroatoms. The van der Waals surface area contributed by atoms with Gasteiger partial charge in [-0.1, -0.05) is 57.9 Å². The number of benzene rings is 1. The number of unbranched alkanes of at least 4 members (excludes halogenated alkanes) is 1. The van der Waals surface area contributed by atoms with Crippen LogP contribution in [0.5, 0.6) is 17.2 Å². The number of carbonyl (C=O) groups is 1. The second kappa shape index (κ2) is 13.8. The number of H-pyrrole nitrogens is 1. The number of aromatic hydroxyl groups is 1. The summed E-state index contributed by atoms with van der Waals surface area (Å²) in [5.74, 6) is 0.776. The van der Waals surface area contributed by atoms with E-state index in [1.807, 2.05) is 0 Å². The van der Waals surface area contributed by atoms with Gasteiger partial charge in [0.2, 0.25) is 0 Å². The van der Waals surface area contributed by atoms with Gasteiger partial charge in [-0.3, -0.25) is 9.59 Å². The first-order valence-corrected chi connectivity index (χ1v) is 13.2. The first kappa shape index (κ1) is 28.2. The van der Waals surface area contributed by atoms with Crippen molar-refractivity contribution in [1.82, 2.24) is 4.98 Å². The van der Waals surface area contributed by atoms with Gasteiger partial charge in [0.05, 0.1) is 36.8 Å². The van der Waals surface area contributed by atoms with Crippen molar-refractivity contribution in [2.75, 3.05) is 14.2 Å². The number of rotatable bonds is 9. The van der Waals surface area contributed by atoms with Gasteiger partial charge >= 0.3 is 0 Å². The number of nitrogens with zero attached hydrogens (tertiary/aromatic N) is 2. The minimum absolute atomic E-state index is 0.0392. The van der Waals surface area contributed by atoms with Gasteiger partial charge in [0, 0.05) is 18.5 Å².